The van der Waals surface area contributed by atoms with E-state index in [1.165, 1.54) is 10.4 Å². The van der Waals surface area contributed by atoms with Gasteiger partial charge in [-0.1, -0.05) is 20.4 Å². The van der Waals surface area contributed by atoms with Gasteiger partial charge < -0.3 is 9.97 Å². The van der Waals surface area contributed by atoms with E-state index in [4.69, 9.17) is 0 Å². The van der Waals surface area contributed by atoms with Crippen LogP contribution < -0.4 is 16.1 Å². The molecule has 2 aliphatic rings. The maximum atomic E-state index is 12.2. The second kappa shape index (κ2) is 5.04. The van der Waals surface area contributed by atoms with Crippen LogP contribution in [0.15, 0.2) is 23.0 Å². The highest BCUT2D eigenvalue weighted by Crippen LogP contribution is 2.29. The summed E-state index contributed by atoms with van der Waals surface area (Å²) in [6.07, 6.45) is 1.96. The first kappa shape index (κ1) is 13.9. The molecule has 0 atom stereocenters. The van der Waals surface area contributed by atoms with Gasteiger partial charge in [0.2, 0.25) is 0 Å². The van der Waals surface area contributed by atoms with Gasteiger partial charge in [-0.3, -0.25) is 4.79 Å². The van der Waals surface area contributed by atoms with E-state index in [9.17, 15) is 4.79 Å². The fraction of sp³-hybridized carbons (Fsp3) is 0.235. The maximum absolute atomic E-state index is 12.2. The van der Waals surface area contributed by atoms with Crippen molar-refractivity contribution in [3.8, 4) is 0 Å². The molecule has 0 amide bonds. The Morgan fingerprint density at radius 2 is 2.05 bits per heavy atom. The van der Waals surface area contributed by atoms with Crippen molar-refractivity contribution >= 4 is 24.0 Å². The molecule has 3 heterocycles. The third-order valence-corrected chi connectivity index (χ3v) is 5.04. The molecule has 0 unspecified atom stereocenters. The first-order valence-electron chi connectivity index (χ1n) is 6.97. The van der Waals surface area contributed by atoms with Gasteiger partial charge in [0.15, 0.2) is 0 Å². The zero-order valence-electron chi connectivity index (χ0n) is 12.4. The Morgan fingerprint density at radius 3 is 2.71 bits per heavy atom. The number of hydrogen-bond acceptors (Lipinski definition) is 2. The van der Waals surface area contributed by atoms with E-state index in [1.54, 1.807) is 11.3 Å². The van der Waals surface area contributed by atoms with Gasteiger partial charge in [0.25, 0.3) is 5.56 Å². The molecule has 4 heteroatoms. The van der Waals surface area contributed by atoms with Gasteiger partial charge in [0, 0.05) is 15.1 Å². The van der Waals surface area contributed by atoms with Crippen molar-refractivity contribution in [3.63, 3.8) is 0 Å². The van der Waals surface area contributed by atoms with Gasteiger partial charge in [0.05, 0.1) is 15.9 Å². The van der Waals surface area contributed by atoms with E-state index in [2.05, 4.69) is 43.4 Å². The first-order valence-corrected chi connectivity index (χ1v) is 7.79. The molecule has 21 heavy (non-hydrogen) atoms. The summed E-state index contributed by atoms with van der Waals surface area (Å²) in [4.78, 5) is 20.7. The number of rotatable bonds is 2. The molecule has 0 radical (unpaired) electrons. The summed E-state index contributed by atoms with van der Waals surface area (Å²) in [7, 11) is 0. The predicted molar refractivity (Wildman–Crippen MR) is 88.2 cm³/mol. The van der Waals surface area contributed by atoms with Crippen molar-refractivity contribution in [2.45, 2.75) is 26.7 Å². The SMILES string of the molecule is C=c1ccc2[nH]c(=O)c(=Cc3cc(C)c(C(C)C)s3)c=2[nH]1. The van der Waals surface area contributed by atoms with Crippen molar-refractivity contribution in [2.24, 2.45) is 0 Å². The highest BCUT2D eigenvalue weighted by atomic mass is 32.1. The van der Waals surface area contributed by atoms with Crippen molar-refractivity contribution in [1.82, 2.24) is 9.97 Å². The Morgan fingerprint density at radius 1 is 1.29 bits per heavy atom. The molecule has 0 saturated heterocycles. The normalized spacial score (nSPS) is 12.7. The topological polar surface area (TPSA) is 48.6 Å². The van der Waals surface area contributed by atoms with Crippen LogP contribution in [-0.2, 0) is 0 Å². The molecule has 0 aliphatic carbocycles. The van der Waals surface area contributed by atoms with Crippen LogP contribution in [0.3, 0.4) is 0 Å². The number of aromatic nitrogens is 2. The Balaban J connectivity index is 2.29. The molecule has 2 aliphatic heterocycles. The predicted octanol–water partition coefficient (Wildman–Crippen LogP) is 2.16. The molecule has 3 nitrogen and oxygen atoms in total. The number of hydrogen-bond donors (Lipinski definition) is 2. The minimum Gasteiger partial charge on any atom is -0.354 e. The number of H-pyrrole nitrogens is 2. The minimum atomic E-state index is -0.0657. The van der Waals surface area contributed by atoms with Gasteiger partial charge in [-0.05, 0) is 42.7 Å². The third kappa shape index (κ3) is 2.47. The van der Waals surface area contributed by atoms with E-state index in [0.29, 0.717) is 11.1 Å². The summed E-state index contributed by atoms with van der Waals surface area (Å²) in [6, 6.07) is 5.88. The molecule has 108 valence electrons. The fourth-order valence-corrected chi connectivity index (χ4v) is 3.72. The summed E-state index contributed by atoms with van der Waals surface area (Å²) in [5.74, 6) is 0.504. The summed E-state index contributed by atoms with van der Waals surface area (Å²) in [5.41, 5.74) is 1.22. The van der Waals surface area contributed by atoms with Crippen LogP contribution in [-0.4, -0.2) is 9.97 Å². The number of nitrogens with one attached hydrogen (secondary N) is 2. The molecule has 0 aromatic carbocycles. The van der Waals surface area contributed by atoms with Crippen LogP contribution in [0.5, 0.6) is 0 Å². The molecule has 0 bridgehead atoms. The fourth-order valence-electron chi connectivity index (χ4n) is 2.60. The van der Waals surface area contributed by atoms with Crippen molar-refractivity contribution in [3.05, 3.63) is 65.1 Å². The van der Waals surface area contributed by atoms with Crippen molar-refractivity contribution in [1.29, 1.82) is 0 Å². The molecular formula is C17H18N2OS. The van der Waals surface area contributed by atoms with Crippen LogP contribution >= 0.6 is 11.3 Å². The van der Waals surface area contributed by atoms with E-state index in [0.717, 1.165) is 20.9 Å². The molecule has 3 rings (SSSR count). The maximum Gasteiger partial charge on any atom is 0.257 e. The standard InChI is InChI=1S/C17H18N2OS/c1-9(2)16-10(3)7-12(21-16)8-13-15-14(19-17(13)20)6-5-11(4)18-15/h5-9,18H,4H2,1-3H3,(H,19,20). The van der Waals surface area contributed by atoms with Crippen LogP contribution in [0.1, 0.15) is 35.1 Å². The molecule has 1 aromatic rings. The Hall–Kier alpha value is -2.07. The van der Waals surface area contributed by atoms with Gasteiger partial charge in [-0.15, -0.1) is 11.3 Å². The quantitative estimate of drug-likeness (QED) is 0.748. The zero-order valence-corrected chi connectivity index (χ0v) is 13.2. The molecular weight excluding hydrogens is 280 g/mol. The van der Waals surface area contributed by atoms with Gasteiger partial charge >= 0.3 is 0 Å². The molecule has 0 spiro atoms. The van der Waals surface area contributed by atoms with E-state index < -0.39 is 0 Å². The number of aryl methyl sites for hydroxylation is 1. The molecule has 1 aromatic heterocycles. The van der Waals surface area contributed by atoms with E-state index in [1.807, 2.05) is 18.2 Å². The average Bonchev–Trinajstić information content (AvgIpc) is 2.92. The third-order valence-electron chi connectivity index (χ3n) is 3.55. The lowest BCUT2D eigenvalue weighted by Crippen LogP contribution is -2.23. The van der Waals surface area contributed by atoms with Crippen molar-refractivity contribution in [2.75, 3.05) is 0 Å². The molecule has 0 saturated carbocycles. The van der Waals surface area contributed by atoms with Crippen molar-refractivity contribution < 1.29 is 0 Å². The van der Waals surface area contributed by atoms with Gasteiger partial charge in [-0.25, -0.2) is 0 Å². The summed E-state index contributed by atoms with van der Waals surface area (Å²) < 4.78 is 0. The second-order valence-electron chi connectivity index (χ2n) is 5.64. The van der Waals surface area contributed by atoms with Crippen LogP contribution in [0.25, 0.3) is 12.7 Å². The number of thiophene rings is 1. The summed E-state index contributed by atoms with van der Waals surface area (Å²) in [6.45, 7) is 10.4. The number of aromatic amines is 2. The lowest BCUT2D eigenvalue weighted by molar-refractivity contribution is 0.881. The van der Waals surface area contributed by atoms with E-state index in [-0.39, 0.29) is 5.56 Å². The monoisotopic (exact) mass is 298 g/mol. The van der Waals surface area contributed by atoms with Crippen LogP contribution in [0, 0.1) is 17.6 Å². The van der Waals surface area contributed by atoms with Gasteiger partial charge in [0.1, 0.15) is 0 Å². The van der Waals surface area contributed by atoms with E-state index >= 15 is 0 Å². The Bertz CT molecular complexity index is 1020. The van der Waals surface area contributed by atoms with Gasteiger partial charge in [-0.2, -0.15) is 0 Å². The average molecular weight is 298 g/mol. The second-order valence-corrected chi connectivity index (χ2v) is 6.75. The summed E-state index contributed by atoms with van der Waals surface area (Å²) in [5, 5.41) is 3.11. The Kier molecular flexibility index (Phi) is 3.33. The lowest BCUT2D eigenvalue weighted by Gasteiger charge is -2.00. The first-order chi connectivity index (χ1) is 9.95. The highest BCUT2D eigenvalue weighted by Gasteiger charge is 2.08. The Labute approximate surface area is 126 Å². The largest absolute Gasteiger partial charge is 0.354 e. The molecule has 2 N–H and O–H groups in total. The highest BCUT2D eigenvalue weighted by molar-refractivity contribution is 7.13. The lowest BCUT2D eigenvalue weighted by atomic mass is 10.1. The van der Waals surface area contributed by atoms with Crippen LogP contribution in [0.2, 0.25) is 0 Å². The zero-order chi connectivity index (χ0) is 15.1. The minimum absolute atomic E-state index is 0.0657. The summed E-state index contributed by atoms with van der Waals surface area (Å²) >= 11 is 1.75. The molecule has 0 fully saturated rings. The smallest absolute Gasteiger partial charge is 0.257 e. The van der Waals surface area contributed by atoms with Crippen LogP contribution in [0.4, 0.5) is 0 Å².